The Kier molecular flexibility index (Phi) is 5.45. The molecule has 0 aromatic carbocycles. The number of hydrogen-bond donors (Lipinski definition) is 2. The Bertz CT molecular complexity index is 274. The first-order valence-electron chi connectivity index (χ1n) is 5.05. The standard InChI is InChI=1S/C9H14F6N2O/c1-4(3-16)5(2)17-7(18)6(8(10,11)12)9(13,14)15/h4-6H,3,16H2,1-2H3,(H,17,18). The van der Waals surface area contributed by atoms with Gasteiger partial charge in [-0.05, 0) is 19.4 Å². The molecule has 0 saturated carbocycles. The summed E-state index contributed by atoms with van der Waals surface area (Å²) in [5, 5.41) is 1.68. The Labute approximate surface area is 99.7 Å². The zero-order chi connectivity index (χ0) is 14.7. The molecule has 0 aromatic heterocycles. The zero-order valence-corrected chi connectivity index (χ0v) is 9.69. The van der Waals surface area contributed by atoms with Crippen LogP contribution in [0.1, 0.15) is 13.8 Å². The van der Waals surface area contributed by atoms with Gasteiger partial charge in [0.15, 0.2) is 0 Å². The first kappa shape index (κ1) is 17.0. The van der Waals surface area contributed by atoms with E-state index < -0.39 is 36.1 Å². The Morgan fingerprint density at radius 2 is 1.50 bits per heavy atom. The van der Waals surface area contributed by atoms with Crippen molar-refractivity contribution < 1.29 is 31.1 Å². The Balaban J connectivity index is 4.91. The minimum absolute atomic E-state index is 0.0319. The highest BCUT2D eigenvalue weighted by atomic mass is 19.4. The molecule has 0 spiro atoms. The molecule has 0 rings (SSSR count). The lowest BCUT2D eigenvalue weighted by Crippen LogP contribution is -2.51. The summed E-state index contributed by atoms with van der Waals surface area (Å²) in [7, 11) is 0. The number of hydrogen-bond acceptors (Lipinski definition) is 2. The third kappa shape index (κ3) is 4.71. The third-order valence-electron chi connectivity index (χ3n) is 2.51. The smallest absolute Gasteiger partial charge is 0.352 e. The molecule has 0 aliphatic rings. The van der Waals surface area contributed by atoms with Crippen molar-refractivity contribution in [2.45, 2.75) is 32.2 Å². The van der Waals surface area contributed by atoms with Crippen LogP contribution in [0, 0.1) is 11.8 Å². The van der Waals surface area contributed by atoms with Gasteiger partial charge in [0.1, 0.15) is 0 Å². The molecule has 0 aromatic rings. The van der Waals surface area contributed by atoms with E-state index in [2.05, 4.69) is 0 Å². The van der Waals surface area contributed by atoms with Crippen LogP contribution in [0.25, 0.3) is 0 Å². The van der Waals surface area contributed by atoms with Crippen LogP contribution in [0.3, 0.4) is 0 Å². The molecule has 1 amide bonds. The summed E-state index contributed by atoms with van der Waals surface area (Å²) in [6, 6.07) is -0.880. The highest BCUT2D eigenvalue weighted by Gasteiger charge is 2.61. The maximum absolute atomic E-state index is 12.2. The summed E-state index contributed by atoms with van der Waals surface area (Å²) in [5.74, 6) is -6.56. The van der Waals surface area contributed by atoms with E-state index in [1.165, 1.54) is 13.8 Å². The van der Waals surface area contributed by atoms with Crippen LogP contribution in [0.5, 0.6) is 0 Å². The lowest BCUT2D eigenvalue weighted by atomic mass is 10.0. The molecule has 2 atom stereocenters. The van der Waals surface area contributed by atoms with Gasteiger partial charge in [0.2, 0.25) is 11.8 Å². The third-order valence-corrected chi connectivity index (χ3v) is 2.51. The predicted octanol–water partition coefficient (Wildman–Crippen LogP) is 1.83. The number of nitrogens with two attached hydrogens (primary N) is 1. The fraction of sp³-hybridized carbons (Fsp3) is 0.889. The van der Waals surface area contributed by atoms with E-state index in [0.29, 0.717) is 0 Å². The average molecular weight is 280 g/mol. The van der Waals surface area contributed by atoms with Gasteiger partial charge < -0.3 is 11.1 Å². The maximum Gasteiger partial charge on any atom is 0.409 e. The van der Waals surface area contributed by atoms with E-state index in [0.717, 1.165) is 0 Å². The molecular weight excluding hydrogens is 266 g/mol. The van der Waals surface area contributed by atoms with Crippen LogP contribution in [0.4, 0.5) is 26.3 Å². The molecule has 0 bridgehead atoms. The summed E-state index contributed by atoms with van der Waals surface area (Å²) >= 11 is 0. The molecule has 2 unspecified atom stereocenters. The van der Waals surface area contributed by atoms with Crippen molar-refractivity contribution in [2.75, 3.05) is 6.54 Å². The van der Waals surface area contributed by atoms with Crippen LogP contribution in [0.15, 0.2) is 0 Å². The number of carbonyl (C=O) groups is 1. The molecule has 3 N–H and O–H groups in total. The molecule has 0 aliphatic heterocycles. The van der Waals surface area contributed by atoms with Crippen LogP contribution < -0.4 is 11.1 Å². The second-order valence-corrected chi connectivity index (χ2v) is 4.03. The zero-order valence-electron chi connectivity index (χ0n) is 9.69. The van der Waals surface area contributed by atoms with Crippen molar-refractivity contribution in [1.29, 1.82) is 0 Å². The summed E-state index contributed by atoms with van der Waals surface area (Å²) in [6.07, 6.45) is -11.3. The molecule has 18 heavy (non-hydrogen) atoms. The molecule has 9 heteroatoms. The fourth-order valence-corrected chi connectivity index (χ4v) is 1.14. The first-order chi connectivity index (χ1) is 7.91. The van der Waals surface area contributed by atoms with E-state index >= 15 is 0 Å². The van der Waals surface area contributed by atoms with Crippen LogP contribution in [-0.4, -0.2) is 30.8 Å². The molecular formula is C9H14F6N2O. The molecule has 108 valence electrons. The van der Waals surface area contributed by atoms with Gasteiger partial charge in [-0.15, -0.1) is 0 Å². The Hall–Kier alpha value is -0.990. The fourth-order valence-electron chi connectivity index (χ4n) is 1.14. The topological polar surface area (TPSA) is 55.1 Å². The lowest BCUT2D eigenvalue weighted by Gasteiger charge is -2.26. The van der Waals surface area contributed by atoms with Gasteiger partial charge in [0.25, 0.3) is 0 Å². The van der Waals surface area contributed by atoms with Crippen molar-refractivity contribution >= 4 is 5.91 Å². The summed E-state index contributed by atoms with van der Waals surface area (Å²) in [6.45, 7) is 2.82. The first-order valence-corrected chi connectivity index (χ1v) is 5.05. The lowest BCUT2D eigenvalue weighted by molar-refractivity contribution is -0.274. The van der Waals surface area contributed by atoms with Crippen molar-refractivity contribution in [3.8, 4) is 0 Å². The molecule has 0 fully saturated rings. The quantitative estimate of drug-likeness (QED) is 0.772. The van der Waals surface area contributed by atoms with E-state index in [-0.39, 0.29) is 6.54 Å². The number of amides is 1. The molecule has 0 heterocycles. The molecule has 3 nitrogen and oxygen atoms in total. The molecule has 0 aliphatic carbocycles. The molecule has 0 radical (unpaired) electrons. The number of nitrogens with one attached hydrogen (secondary N) is 1. The largest absolute Gasteiger partial charge is 0.409 e. The second-order valence-electron chi connectivity index (χ2n) is 4.03. The van der Waals surface area contributed by atoms with Crippen LogP contribution in [-0.2, 0) is 4.79 Å². The van der Waals surface area contributed by atoms with Crippen molar-refractivity contribution in [1.82, 2.24) is 5.32 Å². The minimum Gasteiger partial charge on any atom is -0.352 e. The van der Waals surface area contributed by atoms with E-state index in [9.17, 15) is 31.1 Å². The molecule has 0 saturated heterocycles. The highest BCUT2D eigenvalue weighted by molar-refractivity contribution is 5.80. The van der Waals surface area contributed by atoms with E-state index in [1.54, 1.807) is 5.32 Å². The average Bonchev–Trinajstić information content (AvgIpc) is 2.11. The van der Waals surface area contributed by atoms with Crippen LogP contribution >= 0.6 is 0 Å². The summed E-state index contributed by atoms with van der Waals surface area (Å²) in [5.41, 5.74) is 5.20. The van der Waals surface area contributed by atoms with Gasteiger partial charge in [-0.3, -0.25) is 4.79 Å². The normalized spacial score (nSPS) is 16.6. The van der Waals surface area contributed by atoms with Gasteiger partial charge in [-0.25, -0.2) is 0 Å². The minimum atomic E-state index is -5.67. The summed E-state index contributed by atoms with van der Waals surface area (Å²) < 4.78 is 73.2. The van der Waals surface area contributed by atoms with Crippen molar-refractivity contribution in [2.24, 2.45) is 17.6 Å². The van der Waals surface area contributed by atoms with Gasteiger partial charge >= 0.3 is 12.4 Å². The summed E-state index contributed by atoms with van der Waals surface area (Å²) in [4.78, 5) is 11.1. The Morgan fingerprint density at radius 3 is 1.78 bits per heavy atom. The SMILES string of the molecule is CC(CN)C(C)NC(=O)C(C(F)(F)F)C(F)(F)F. The highest BCUT2D eigenvalue weighted by Crippen LogP contribution is 2.39. The predicted molar refractivity (Wildman–Crippen MR) is 51.4 cm³/mol. The number of halogens is 6. The second kappa shape index (κ2) is 5.77. The maximum atomic E-state index is 12.2. The number of carbonyl (C=O) groups excluding carboxylic acids is 1. The number of alkyl halides is 6. The van der Waals surface area contributed by atoms with Crippen molar-refractivity contribution in [3.05, 3.63) is 0 Å². The Morgan fingerprint density at radius 1 is 1.11 bits per heavy atom. The van der Waals surface area contributed by atoms with Gasteiger partial charge in [-0.1, -0.05) is 6.92 Å². The van der Waals surface area contributed by atoms with Crippen LogP contribution in [0.2, 0.25) is 0 Å². The number of rotatable bonds is 4. The monoisotopic (exact) mass is 280 g/mol. The van der Waals surface area contributed by atoms with Gasteiger partial charge in [0, 0.05) is 6.04 Å². The van der Waals surface area contributed by atoms with E-state index in [1.807, 2.05) is 0 Å². The van der Waals surface area contributed by atoms with Gasteiger partial charge in [0.05, 0.1) is 0 Å². The van der Waals surface area contributed by atoms with Crippen molar-refractivity contribution in [3.63, 3.8) is 0 Å². The van der Waals surface area contributed by atoms with Gasteiger partial charge in [-0.2, -0.15) is 26.3 Å². The van der Waals surface area contributed by atoms with E-state index in [4.69, 9.17) is 5.73 Å².